The van der Waals surface area contributed by atoms with E-state index < -0.39 is 5.91 Å². The lowest BCUT2D eigenvalue weighted by atomic mass is 10.2. The summed E-state index contributed by atoms with van der Waals surface area (Å²) < 4.78 is 1.45. The lowest BCUT2D eigenvalue weighted by molar-refractivity contribution is -0.114. The Balaban J connectivity index is 1.79. The summed E-state index contributed by atoms with van der Waals surface area (Å²) in [6, 6.07) is 13.5. The van der Waals surface area contributed by atoms with Gasteiger partial charge in [0.25, 0.3) is 11.5 Å². The SMILES string of the molecule is CCn1c(NNC(=O)c2ccc(NC(C)=O)cc2)nc2ccccc2c1=O. The maximum Gasteiger partial charge on any atom is 0.269 e. The Morgan fingerprint density at radius 1 is 1.07 bits per heavy atom. The van der Waals surface area contributed by atoms with E-state index in [9.17, 15) is 14.4 Å². The molecule has 0 spiro atoms. The van der Waals surface area contributed by atoms with Gasteiger partial charge >= 0.3 is 0 Å². The molecule has 0 radical (unpaired) electrons. The van der Waals surface area contributed by atoms with E-state index in [2.05, 4.69) is 21.2 Å². The standard InChI is InChI=1S/C19H19N5O3/c1-3-24-18(27)15-6-4-5-7-16(15)21-19(24)23-22-17(26)13-8-10-14(11-9-13)20-12(2)25/h4-11H,3H2,1-2H3,(H,20,25)(H,21,23)(H,22,26). The number of hydrazine groups is 1. The van der Waals surface area contributed by atoms with Crippen LogP contribution in [0.1, 0.15) is 24.2 Å². The average Bonchev–Trinajstić information content (AvgIpc) is 2.66. The maximum absolute atomic E-state index is 12.6. The molecular weight excluding hydrogens is 346 g/mol. The number of para-hydroxylation sites is 1. The molecule has 0 fully saturated rings. The normalized spacial score (nSPS) is 10.4. The zero-order valence-electron chi connectivity index (χ0n) is 14.9. The predicted octanol–water partition coefficient (Wildman–Crippen LogP) is 2.13. The zero-order chi connectivity index (χ0) is 19.4. The van der Waals surface area contributed by atoms with Crippen molar-refractivity contribution in [1.29, 1.82) is 0 Å². The largest absolute Gasteiger partial charge is 0.326 e. The van der Waals surface area contributed by atoms with Crippen LogP contribution in [0.5, 0.6) is 0 Å². The monoisotopic (exact) mass is 365 g/mol. The molecule has 2 amide bonds. The number of nitrogens with one attached hydrogen (secondary N) is 3. The third-order valence-corrected chi connectivity index (χ3v) is 3.93. The van der Waals surface area contributed by atoms with E-state index in [4.69, 9.17) is 0 Å². The number of fused-ring (bicyclic) bond motifs is 1. The van der Waals surface area contributed by atoms with Crippen LogP contribution in [0.15, 0.2) is 53.3 Å². The molecule has 1 heterocycles. The van der Waals surface area contributed by atoms with Gasteiger partial charge in [-0.15, -0.1) is 0 Å². The van der Waals surface area contributed by atoms with Crippen molar-refractivity contribution in [2.24, 2.45) is 0 Å². The van der Waals surface area contributed by atoms with E-state index in [1.54, 1.807) is 48.5 Å². The molecule has 0 saturated heterocycles. The topological polar surface area (TPSA) is 105 Å². The second kappa shape index (κ2) is 7.69. The van der Waals surface area contributed by atoms with Crippen LogP contribution in [0.25, 0.3) is 10.9 Å². The number of hydrogen-bond acceptors (Lipinski definition) is 5. The highest BCUT2D eigenvalue weighted by atomic mass is 16.2. The summed E-state index contributed by atoms with van der Waals surface area (Å²) in [5.41, 5.74) is 6.62. The van der Waals surface area contributed by atoms with Crippen LogP contribution in [0.4, 0.5) is 11.6 Å². The van der Waals surface area contributed by atoms with Crippen molar-refractivity contribution >= 4 is 34.4 Å². The first-order chi connectivity index (χ1) is 13.0. The third kappa shape index (κ3) is 3.95. The number of carbonyl (C=O) groups excluding carboxylic acids is 2. The van der Waals surface area contributed by atoms with Crippen LogP contribution in [-0.2, 0) is 11.3 Å². The maximum atomic E-state index is 12.6. The number of anilines is 2. The molecule has 0 unspecified atom stereocenters. The number of benzene rings is 2. The van der Waals surface area contributed by atoms with Gasteiger partial charge in [0.2, 0.25) is 11.9 Å². The number of amides is 2. The smallest absolute Gasteiger partial charge is 0.269 e. The van der Waals surface area contributed by atoms with Crippen molar-refractivity contribution in [1.82, 2.24) is 15.0 Å². The van der Waals surface area contributed by atoms with E-state index in [1.165, 1.54) is 11.5 Å². The first-order valence-corrected chi connectivity index (χ1v) is 8.43. The van der Waals surface area contributed by atoms with Crippen LogP contribution in [0, 0.1) is 0 Å². The van der Waals surface area contributed by atoms with Gasteiger partial charge < -0.3 is 5.32 Å². The fourth-order valence-corrected chi connectivity index (χ4v) is 2.65. The fourth-order valence-electron chi connectivity index (χ4n) is 2.65. The van der Waals surface area contributed by atoms with Gasteiger partial charge in [-0.25, -0.2) is 4.98 Å². The van der Waals surface area contributed by atoms with Gasteiger partial charge in [-0.1, -0.05) is 12.1 Å². The van der Waals surface area contributed by atoms with Crippen LogP contribution >= 0.6 is 0 Å². The first kappa shape index (κ1) is 18.1. The Labute approximate surface area is 155 Å². The lowest BCUT2D eigenvalue weighted by Gasteiger charge is -2.14. The second-order valence-electron chi connectivity index (χ2n) is 5.84. The summed E-state index contributed by atoms with van der Waals surface area (Å²) in [5.74, 6) is -0.326. The Morgan fingerprint density at radius 2 is 1.78 bits per heavy atom. The van der Waals surface area contributed by atoms with E-state index in [0.717, 1.165) is 0 Å². The molecule has 0 atom stereocenters. The molecule has 1 aromatic heterocycles. The van der Waals surface area contributed by atoms with Crippen LogP contribution < -0.4 is 21.7 Å². The van der Waals surface area contributed by atoms with E-state index in [-0.39, 0.29) is 17.4 Å². The van der Waals surface area contributed by atoms with Crippen molar-refractivity contribution in [3.05, 3.63) is 64.4 Å². The Hall–Kier alpha value is -3.68. The average molecular weight is 365 g/mol. The van der Waals surface area contributed by atoms with Gasteiger partial charge in [0.1, 0.15) is 0 Å². The Morgan fingerprint density at radius 3 is 2.44 bits per heavy atom. The number of nitrogens with zero attached hydrogens (tertiary/aromatic N) is 2. The molecule has 0 aliphatic heterocycles. The highest BCUT2D eigenvalue weighted by Gasteiger charge is 2.11. The number of carbonyl (C=O) groups is 2. The second-order valence-corrected chi connectivity index (χ2v) is 5.84. The number of aromatic nitrogens is 2. The summed E-state index contributed by atoms with van der Waals surface area (Å²) >= 11 is 0. The van der Waals surface area contributed by atoms with E-state index in [0.29, 0.717) is 28.7 Å². The molecule has 0 aliphatic carbocycles. The molecular formula is C19H19N5O3. The van der Waals surface area contributed by atoms with E-state index in [1.807, 2.05) is 6.92 Å². The van der Waals surface area contributed by atoms with Gasteiger partial charge in [0.15, 0.2) is 0 Å². The molecule has 8 heteroatoms. The van der Waals surface area contributed by atoms with Crippen molar-refractivity contribution < 1.29 is 9.59 Å². The quantitative estimate of drug-likeness (QED) is 0.601. The first-order valence-electron chi connectivity index (χ1n) is 8.43. The fraction of sp³-hybridized carbons (Fsp3) is 0.158. The molecule has 0 bridgehead atoms. The highest BCUT2D eigenvalue weighted by Crippen LogP contribution is 2.12. The molecule has 8 nitrogen and oxygen atoms in total. The van der Waals surface area contributed by atoms with Gasteiger partial charge in [-0.2, -0.15) is 0 Å². The number of hydrogen-bond donors (Lipinski definition) is 3. The zero-order valence-corrected chi connectivity index (χ0v) is 14.9. The van der Waals surface area contributed by atoms with Crippen LogP contribution in [-0.4, -0.2) is 21.4 Å². The minimum atomic E-state index is -0.394. The third-order valence-electron chi connectivity index (χ3n) is 3.93. The van der Waals surface area contributed by atoms with Crippen LogP contribution in [0.2, 0.25) is 0 Å². The van der Waals surface area contributed by atoms with Gasteiger partial charge in [0, 0.05) is 24.7 Å². The van der Waals surface area contributed by atoms with Crippen molar-refractivity contribution in [3.63, 3.8) is 0 Å². The molecule has 3 N–H and O–H groups in total. The van der Waals surface area contributed by atoms with Gasteiger partial charge in [0.05, 0.1) is 10.9 Å². The molecule has 3 rings (SSSR count). The van der Waals surface area contributed by atoms with Crippen molar-refractivity contribution in [2.75, 3.05) is 10.7 Å². The summed E-state index contributed by atoms with van der Waals surface area (Å²) in [6.07, 6.45) is 0. The van der Waals surface area contributed by atoms with Gasteiger partial charge in [-0.3, -0.25) is 29.8 Å². The minimum absolute atomic E-state index is 0.181. The summed E-state index contributed by atoms with van der Waals surface area (Å²) in [7, 11) is 0. The van der Waals surface area contributed by atoms with Crippen LogP contribution in [0.3, 0.4) is 0 Å². The van der Waals surface area contributed by atoms with E-state index >= 15 is 0 Å². The summed E-state index contributed by atoms with van der Waals surface area (Å²) in [5, 5.41) is 3.15. The lowest BCUT2D eigenvalue weighted by Crippen LogP contribution is -2.34. The number of rotatable bonds is 5. The van der Waals surface area contributed by atoms with Crippen molar-refractivity contribution in [2.45, 2.75) is 20.4 Å². The Kier molecular flexibility index (Phi) is 5.16. The molecule has 0 aliphatic rings. The summed E-state index contributed by atoms with van der Waals surface area (Å²) in [4.78, 5) is 40.3. The Bertz CT molecular complexity index is 1060. The molecule has 27 heavy (non-hydrogen) atoms. The molecule has 3 aromatic rings. The molecule has 0 saturated carbocycles. The van der Waals surface area contributed by atoms with Gasteiger partial charge in [-0.05, 0) is 43.3 Å². The highest BCUT2D eigenvalue weighted by molar-refractivity contribution is 5.96. The summed E-state index contributed by atoms with van der Waals surface area (Å²) in [6.45, 7) is 3.64. The molecule has 2 aromatic carbocycles. The van der Waals surface area contributed by atoms with Crippen molar-refractivity contribution in [3.8, 4) is 0 Å². The minimum Gasteiger partial charge on any atom is -0.326 e. The predicted molar refractivity (Wildman–Crippen MR) is 104 cm³/mol. The molecule has 138 valence electrons.